The van der Waals surface area contributed by atoms with Crippen molar-refractivity contribution >= 4 is 65.2 Å². The maximum Gasteiger partial charge on any atom is 0.317 e. The summed E-state index contributed by atoms with van der Waals surface area (Å²) in [6, 6.07) is 0. The zero-order valence-corrected chi connectivity index (χ0v) is 31.4. The van der Waals surface area contributed by atoms with Gasteiger partial charge in [0.1, 0.15) is 5.25 Å². The van der Waals surface area contributed by atoms with Gasteiger partial charge in [-0.15, -0.1) is 23.1 Å². The molecule has 0 radical (unpaired) electrons. The highest BCUT2D eigenvalue weighted by atomic mass is 79.9. The fraction of sp³-hybridized carbons (Fsp3) is 0.719. The number of halogens is 1. The van der Waals surface area contributed by atoms with E-state index in [1.165, 1.54) is 11.8 Å². The monoisotopic (exact) mass is 687 g/mol. The van der Waals surface area contributed by atoms with Crippen LogP contribution in [0.2, 0.25) is 18.1 Å². The maximum atomic E-state index is 13.1. The van der Waals surface area contributed by atoms with E-state index in [-0.39, 0.29) is 21.6 Å². The summed E-state index contributed by atoms with van der Waals surface area (Å²) >= 11 is 6.31. The zero-order chi connectivity index (χ0) is 31.6. The van der Waals surface area contributed by atoms with Crippen LogP contribution in [0.25, 0.3) is 6.08 Å². The van der Waals surface area contributed by atoms with Gasteiger partial charge in [0, 0.05) is 17.9 Å². The first-order valence-corrected chi connectivity index (χ1v) is 20.4. The Balaban J connectivity index is 2.97. The van der Waals surface area contributed by atoms with Crippen molar-refractivity contribution in [3.05, 3.63) is 33.8 Å². The van der Waals surface area contributed by atoms with Gasteiger partial charge in [0.15, 0.2) is 14.1 Å². The van der Waals surface area contributed by atoms with Crippen LogP contribution >= 0.6 is 39.0 Å². The number of aryl methyl sites for hydroxylation is 1. The van der Waals surface area contributed by atoms with Gasteiger partial charge < -0.3 is 9.53 Å². The molecule has 0 fully saturated rings. The Bertz CT molecular complexity index is 1040. The Morgan fingerprint density at radius 3 is 2.37 bits per heavy atom. The highest BCUT2D eigenvalue weighted by molar-refractivity contribution is 9.10. The van der Waals surface area contributed by atoms with Crippen molar-refractivity contribution in [3.8, 4) is 0 Å². The van der Waals surface area contributed by atoms with Crippen molar-refractivity contribution in [2.24, 2.45) is 11.8 Å². The summed E-state index contributed by atoms with van der Waals surface area (Å²) < 4.78 is 5.56. The molecule has 0 bridgehead atoms. The van der Waals surface area contributed by atoms with Crippen molar-refractivity contribution in [2.45, 2.75) is 127 Å². The molecule has 0 aliphatic carbocycles. The van der Waals surface area contributed by atoms with Gasteiger partial charge in [-0.2, -0.15) is 0 Å². The lowest BCUT2D eigenvalue weighted by Crippen LogP contribution is -2.41. The quantitative estimate of drug-likeness (QED) is 0.0716. The number of aliphatic carboxylic acids is 1. The summed E-state index contributed by atoms with van der Waals surface area (Å²) in [5, 5.41) is 12.8. The van der Waals surface area contributed by atoms with Gasteiger partial charge in [-0.1, -0.05) is 68.3 Å². The Kier molecular flexibility index (Phi) is 15.8. The van der Waals surface area contributed by atoms with Gasteiger partial charge in [-0.25, -0.2) is 4.98 Å². The van der Waals surface area contributed by atoms with Gasteiger partial charge in [-0.3, -0.25) is 9.59 Å². The number of rotatable bonds is 18. The predicted molar refractivity (Wildman–Crippen MR) is 185 cm³/mol. The number of carboxylic acids is 1. The maximum absolute atomic E-state index is 13.1. The van der Waals surface area contributed by atoms with E-state index in [9.17, 15) is 14.7 Å². The average Bonchev–Trinajstić information content (AvgIpc) is 3.28. The fourth-order valence-corrected chi connectivity index (χ4v) is 8.09. The van der Waals surface area contributed by atoms with Gasteiger partial charge in [-0.05, 0) is 89.9 Å². The van der Waals surface area contributed by atoms with Gasteiger partial charge in [0.25, 0.3) is 0 Å². The van der Waals surface area contributed by atoms with Crippen molar-refractivity contribution in [1.82, 2.24) is 4.98 Å². The van der Waals surface area contributed by atoms with Gasteiger partial charge in [0.05, 0.1) is 20.3 Å². The number of ketones is 1. The third-order valence-electron chi connectivity index (χ3n) is 8.02. The van der Waals surface area contributed by atoms with E-state index in [4.69, 9.17) is 4.43 Å². The normalized spacial score (nSPS) is 16.5. The molecule has 1 N–H and O–H groups in total. The van der Waals surface area contributed by atoms with E-state index in [0.29, 0.717) is 18.8 Å². The van der Waals surface area contributed by atoms with Gasteiger partial charge >= 0.3 is 5.97 Å². The van der Waals surface area contributed by atoms with Crippen molar-refractivity contribution in [1.29, 1.82) is 0 Å². The van der Waals surface area contributed by atoms with E-state index in [0.717, 1.165) is 42.1 Å². The minimum Gasteiger partial charge on any atom is -0.480 e. The van der Waals surface area contributed by atoms with E-state index in [1.54, 1.807) is 11.3 Å². The summed E-state index contributed by atoms with van der Waals surface area (Å²) in [6.07, 6.45) is 10.7. The number of carbonyl (C=O) groups is 2. The second-order valence-electron chi connectivity index (χ2n) is 13.2. The molecule has 1 rings (SSSR count). The molecule has 0 aliphatic rings. The lowest BCUT2D eigenvalue weighted by molar-refractivity contribution is -0.137. The van der Waals surface area contributed by atoms with Crippen LogP contribution in [0.15, 0.2) is 23.1 Å². The molecule has 0 saturated carbocycles. The Morgan fingerprint density at radius 2 is 1.85 bits per heavy atom. The Hall–Kier alpha value is -0.743. The molecule has 2 unspecified atom stereocenters. The SMILES string of the molecule is CCC(Br)C(=O)C(C)(C)SC(C(=O)O)[C@@H](C/C=C\CCC[C@H](C)CO[Si](C)(C)C(C)(C)C)/C(C)=C/c1csc(C)n1. The summed E-state index contributed by atoms with van der Waals surface area (Å²) in [6.45, 7) is 24.1. The molecule has 0 saturated heterocycles. The first-order valence-electron chi connectivity index (χ1n) is 14.8. The average molecular weight is 689 g/mol. The molecule has 4 atom stereocenters. The Labute approximate surface area is 267 Å². The summed E-state index contributed by atoms with van der Waals surface area (Å²) in [5.74, 6) is -0.635. The number of nitrogens with zero attached hydrogens (tertiary/aromatic N) is 1. The highest BCUT2D eigenvalue weighted by Gasteiger charge is 2.40. The number of aromatic nitrogens is 1. The molecule has 9 heteroatoms. The summed E-state index contributed by atoms with van der Waals surface area (Å²) in [7, 11) is -1.73. The van der Waals surface area contributed by atoms with Crippen molar-refractivity contribution < 1.29 is 19.1 Å². The number of carboxylic acid groups (broad SMARTS) is 1. The number of Topliss-reactive ketones (excluding diaryl/α,β-unsaturated/α-hetero) is 1. The van der Waals surface area contributed by atoms with Crippen molar-refractivity contribution in [3.63, 3.8) is 0 Å². The second kappa shape index (κ2) is 16.9. The Morgan fingerprint density at radius 1 is 1.22 bits per heavy atom. The third kappa shape index (κ3) is 12.8. The van der Waals surface area contributed by atoms with Crippen LogP contribution in [0.3, 0.4) is 0 Å². The molecule has 0 spiro atoms. The smallest absolute Gasteiger partial charge is 0.317 e. The molecule has 0 aliphatic heterocycles. The molecule has 1 aromatic heterocycles. The topological polar surface area (TPSA) is 76.5 Å². The van der Waals surface area contributed by atoms with Crippen LogP contribution < -0.4 is 0 Å². The van der Waals surface area contributed by atoms with E-state index in [2.05, 4.69) is 73.9 Å². The predicted octanol–water partition coefficient (Wildman–Crippen LogP) is 9.95. The summed E-state index contributed by atoms with van der Waals surface area (Å²) in [5.41, 5.74) is 1.81. The standard InChI is InChI=1S/C32H54BrNO4S2Si/c1-12-27(33)29(35)32(8,9)40-28(30(36)37)26(23(3)19-25-21-39-24(4)34-25)18-16-14-13-15-17-22(2)20-38-41(10,11)31(5,6)7/h14,16,19,21-22,26-28H,12-13,15,17-18,20H2,1-11H3,(H,36,37)/b16-14-,23-19+/t22-,26-,27?,28?/m0/s1. The molecule has 234 valence electrons. The number of unbranched alkanes of at least 4 members (excludes halogenated alkanes) is 1. The first kappa shape index (κ1) is 38.3. The molecule has 1 aromatic rings. The second-order valence-corrected chi connectivity index (χ2v) is 22.0. The van der Waals surface area contributed by atoms with E-state index in [1.807, 2.05) is 46.1 Å². The van der Waals surface area contributed by atoms with Crippen LogP contribution in [0.1, 0.15) is 98.2 Å². The van der Waals surface area contributed by atoms with Crippen LogP contribution in [-0.2, 0) is 14.0 Å². The number of hydrogen-bond donors (Lipinski definition) is 1. The van der Waals surface area contributed by atoms with E-state index >= 15 is 0 Å². The number of allylic oxidation sites excluding steroid dienone is 3. The highest BCUT2D eigenvalue weighted by Crippen LogP contribution is 2.40. The van der Waals surface area contributed by atoms with Crippen LogP contribution in [0.4, 0.5) is 0 Å². The first-order chi connectivity index (χ1) is 18.8. The lowest BCUT2D eigenvalue weighted by atomic mass is 9.91. The minimum absolute atomic E-state index is 0.0222. The van der Waals surface area contributed by atoms with Crippen LogP contribution in [-0.4, -0.2) is 51.6 Å². The third-order valence-corrected chi connectivity index (χ3v) is 16.0. The van der Waals surface area contributed by atoms with Gasteiger partial charge in [0.2, 0.25) is 0 Å². The number of thioether (sulfide) groups is 1. The fourth-order valence-electron chi connectivity index (χ4n) is 4.17. The largest absolute Gasteiger partial charge is 0.480 e. The number of thiazole rings is 1. The zero-order valence-electron chi connectivity index (χ0n) is 27.2. The molecular formula is C32H54BrNO4S2Si. The van der Waals surface area contributed by atoms with Crippen molar-refractivity contribution in [2.75, 3.05) is 6.61 Å². The van der Waals surface area contributed by atoms with Crippen LogP contribution in [0, 0.1) is 18.8 Å². The minimum atomic E-state index is -1.73. The molecule has 1 heterocycles. The lowest BCUT2D eigenvalue weighted by Gasteiger charge is -2.37. The molecule has 0 aromatic carbocycles. The molecule has 0 amide bonds. The summed E-state index contributed by atoms with van der Waals surface area (Å²) in [4.78, 5) is 30.0. The molecule has 41 heavy (non-hydrogen) atoms. The number of hydrogen-bond acceptors (Lipinski definition) is 6. The molecule has 5 nitrogen and oxygen atoms in total. The number of alkyl halides is 1. The molecular weight excluding hydrogens is 634 g/mol. The number of carbonyl (C=O) groups excluding carboxylic acids is 1. The van der Waals surface area contributed by atoms with Crippen LogP contribution in [0.5, 0.6) is 0 Å². The van der Waals surface area contributed by atoms with E-state index < -0.39 is 24.3 Å².